The van der Waals surface area contributed by atoms with Crippen LogP contribution in [0.3, 0.4) is 0 Å². The van der Waals surface area contributed by atoms with Crippen LogP contribution in [0.25, 0.3) is 0 Å². The van der Waals surface area contributed by atoms with Crippen molar-refractivity contribution in [1.29, 1.82) is 0 Å². The highest BCUT2D eigenvalue weighted by atomic mass is 35.5. The second-order valence-electron chi connectivity index (χ2n) is 6.01. The van der Waals surface area contributed by atoms with E-state index >= 15 is 0 Å². The van der Waals surface area contributed by atoms with E-state index < -0.39 is 0 Å². The first kappa shape index (κ1) is 19.5. The van der Waals surface area contributed by atoms with Gasteiger partial charge in [0.05, 0.1) is 18.8 Å². The summed E-state index contributed by atoms with van der Waals surface area (Å²) in [6, 6.07) is 3.70. The maximum absolute atomic E-state index is 6.43. The lowest BCUT2D eigenvalue weighted by Crippen LogP contribution is -2.21. The minimum atomic E-state index is -0.0283. The summed E-state index contributed by atoms with van der Waals surface area (Å²) in [5, 5.41) is 7.88. The lowest BCUT2D eigenvalue weighted by molar-refractivity contribution is 0.223. The van der Waals surface area contributed by atoms with Crippen LogP contribution in [0, 0.1) is 6.92 Å². The van der Waals surface area contributed by atoms with Crippen molar-refractivity contribution < 1.29 is 14.0 Å². The molecule has 0 bridgehead atoms. The van der Waals surface area contributed by atoms with Gasteiger partial charge in [-0.15, -0.1) is 0 Å². The van der Waals surface area contributed by atoms with Crippen molar-refractivity contribution in [1.82, 2.24) is 15.5 Å². The Bertz CT molecular complexity index is 688. The van der Waals surface area contributed by atoms with E-state index in [-0.39, 0.29) is 12.1 Å². The van der Waals surface area contributed by atoms with Crippen molar-refractivity contribution >= 4 is 11.6 Å². The Balaban J connectivity index is 2.16. The van der Waals surface area contributed by atoms with Crippen molar-refractivity contribution in [3.05, 3.63) is 34.4 Å². The molecule has 7 heteroatoms. The maximum Gasteiger partial charge on any atom is 0.243 e. The highest BCUT2D eigenvalue weighted by molar-refractivity contribution is 6.31. The second-order valence-corrected chi connectivity index (χ2v) is 6.42. The third-order valence-corrected chi connectivity index (χ3v) is 3.92. The molecule has 0 aliphatic carbocycles. The molecule has 1 aromatic heterocycles. The molecule has 0 saturated heterocycles. The molecule has 6 nitrogen and oxygen atoms in total. The fraction of sp³-hybridized carbons (Fsp3) is 0.556. The van der Waals surface area contributed by atoms with Gasteiger partial charge in [0.2, 0.25) is 5.89 Å². The number of hydrogen-bond acceptors (Lipinski definition) is 6. The van der Waals surface area contributed by atoms with Gasteiger partial charge in [-0.05, 0) is 45.7 Å². The van der Waals surface area contributed by atoms with E-state index in [4.69, 9.17) is 25.6 Å². The number of rotatable bonds is 9. The van der Waals surface area contributed by atoms with E-state index in [0.717, 1.165) is 12.0 Å². The van der Waals surface area contributed by atoms with Crippen LogP contribution >= 0.6 is 11.6 Å². The van der Waals surface area contributed by atoms with Crippen LogP contribution in [0.5, 0.6) is 11.5 Å². The first-order chi connectivity index (χ1) is 11.9. The smallest absolute Gasteiger partial charge is 0.243 e. The van der Waals surface area contributed by atoms with Crippen LogP contribution in [-0.2, 0) is 6.54 Å². The Hall–Kier alpha value is -1.79. The normalized spacial score (nSPS) is 12.4. The van der Waals surface area contributed by atoms with Crippen LogP contribution in [0.4, 0.5) is 0 Å². The zero-order valence-electron chi connectivity index (χ0n) is 15.4. The SMILES string of the molecule is CCOc1cc(CNC(CC)c2nc(C)no2)c(Cl)cc1OC(C)C. The molecule has 0 aliphatic heterocycles. The molecule has 0 aliphatic rings. The topological polar surface area (TPSA) is 69.4 Å². The summed E-state index contributed by atoms with van der Waals surface area (Å²) in [5.41, 5.74) is 0.927. The number of halogens is 1. The Kier molecular flexibility index (Phi) is 7.08. The third kappa shape index (κ3) is 5.34. The number of benzene rings is 1. The first-order valence-corrected chi connectivity index (χ1v) is 8.97. The molecule has 138 valence electrons. The standard InChI is InChI=1S/C18H26ClN3O3/c1-6-15(18-21-12(5)22-25-18)20-10-13-8-16(23-7-2)17(9-14(13)19)24-11(3)4/h8-9,11,15,20H,6-7,10H2,1-5H3. The fourth-order valence-electron chi connectivity index (χ4n) is 2.42. The highest BCUT2D eigenvalue weighted by Gasteiger charge is 2.18. The summed E-state index contributed by atoms with van der Waals surface area (Å²) in [6.45, 7) is 10.9. The van der Waals surface area contributed by atoms with Crippen molar-refractivity contribution in [3.8, 4) is 11.5 Å². The average Bonchev–Trinajstić information content (AvgIpc) is 2.97. The summed E-state index contributed by atoms with van der Waals surface area (Å²) in [6.07, 6.45) is 0.871. The van der Waals surface area contributed by atoms with Crippen molar-refractivity contribution in [2.75, 3.05) is 6.61 Å². The van der Waals surface area contributed by atoms with Crippen LogP contribution in [-0.4, -0.2) is 22.9 Å². The Morgan fingerprint density at radius 1 is 1.24 bits per heavy atom. The Morgan fingerprint density at radius 3 is 2.56 bits per heavy atom. The molecular formula is C18H26ClN3O3. The van der Waals surface area contributed by atoms with Gasteiger partial charge < -0.3 is 19.3 Å². The Morgan fingerprint density at radius 2 is 2.00 bits per heavy atom. The summed E-state index contributed by atoms with van der Waals surface area (Å²) in [7, 11) is 0. The van der Waals surface area contributed by atoms with Gasteiger partial charge in [-0.25, -0.2) is 0 Å². The fourth-order valence-corrected chi connectivity index (χ4v) is 2.64. The van der Waals surface area contributed by atoms with E-state index in [0.29, 0.717) is 41.4 Å². The quantitative estimate of drug-likeness (QED) is 0.705. The molecule has 1 N–H and O–H groups in total. The maximum atomic E-state index is 6.43. The minimum Gasteiger partial charge on any atom is -0.490 e. The predicted molar refractivity (Wildman–Crippen MR) is 97.3 cm³/mol. The average molecular weight is 368 g/mol. The molecule has 0 fully saturated rings. The number of nitrogens with zero attached hydrogens (tertiary/aromatic N) is 2. The molecule has 1 unspecified atom stereocenters. The van der Waals surface area contributed by atoms with Gasteiger partial charge in [-0.1, -0.05) is 23.7 Å². The predicted octanol–water partition coefficient (Wildman–Crippen LogP) is 4.46. The van der Waals surface area contributed by atoms with Gasteiger partial charge in [0, 0.05) is 17.6 Å². The van der Waals surface area contributed by atoms with Crippen molar-refractivity contribution in [2.45, 2.75) is 59.7 Å². The zero-order chi connectivity index (χ0) is 18.4. The molecule has 2 aromatic rings. The Labute approximate surface area is 153 Å². The van der Waals surface area contributed by atoms with Gasteiger partial charge in [0.1, 0.15) is 0 Å². The number of ether oxygens (including phenoxy) is 2. The number of hydrogen-bond donors (Lipinski definition) is 1. The molecule has 2 rings (SSSR count). The summed E-state index contributed by atoms with van der Waals surface area (Å²) >= 11 is 6.43. The third-order valence-electron chi connectivity index (χ3n) is 3.56. The van der Waals surface area contributed by atoms with Gasteiger partial charge in [0.25, 0.3) is 0 Å². The highest BCUT2D eigenvalue weighted by Crippen LogP contribution is 2.34. The van der Waals surface area contributed by atoms with Crippen LogP contribution < -0.4 is 14.8 Å². The molecule has 0 spiro atoms. The molecule has 1 aromatic carbocycles. The summed E-state index contributed by atoms with van der Waals surface area (Å²) in [4.78, 5) is 4.29. The van der Waals surface area contributed by atoms with Crippen molar-refractivity contribution in [2.24, 2.45) is 0 Å². The molecule has 25 heavy (non-hydrogen) atoms. The van der Waals surface area contributed by atoms with Crippen LogP contribution in [0.1, 0.15) is 57.4 Å². The summed E-state index contributed by atoms with van der Waals surface area (Å²) in [5.74, 6) is 2.56. The molecule has 0 amide bonds. The minimum absolute atomic E-state index is 0.0283. The molecule has 1 heterocycles. The number of aryl methyl sites for hydroxylation is 1. The molecule has 0 saturated carbocycles. The lowest BCUT2D eigenvalue weighted by Gasteiger charge is -2.18. The number of aromatic nitrogens is 2. The molecule has 1 atom stereocenters. The number of nitrogens with one attached hydrogen (secondary N) is 1. The van der Waals surface area contributed by atoms with Crippen molar-refractivity contribution in [3.63, 3.8) is 0 Å². The molecular weight excluding hydrogens is 342 g/mol. The zero-order valence-corrected chi connectivity index (χ0v) is 16.2. The largest absolute Gasteiger partial charge is 0.490 e. The van der Waals surface area contributed by atoms with Gasteiger partial charge in [0.15, 0.2) is 17.3 Å². The lowest BCUT2D eigenvalue weighted by atomic mass is 10.1. The van der Waals surface area contributed by atoms with Gasteiger partial charge >= 0.3 is 0 Å². The van der Waals surface area contributed by atoms with E-state index in [1.165, 1.54) is 0 Å². The van der Waals surface area contributed by atoms with Gasteiger partial charge in [-0.3, -0.25) is 0 Å². The van der Waals surface area contributed by atoms with E-state index in [2.05, 4.69) is 22.4 Å². The van der Waals surface area contributed by atoms with E-state index in [1.807, 2.05) is 26.8 Å². The molecule has 0 radical (unpaired) electrons. The monoisotopic (exact) mass is 367 g/mol. The van der Waals surface area contributed by atoms with Crippen LogP contribution in [0.15, 0.2) is 16.7 Å². The summed E-state index contributed by atoms with van der Waals surface area (Å²) < 4.78 is 16.8. The van der Waals surface area contributed by atoms with E-state index in [9.17, 15) is 0 Å². The van der Waals surface area contributed by atoms with Crippen LogP contribution in [0.2, 0.25) is 5.02 Å². The van der Waals surface area contributed by atoms with E-state index in [1.54, 1.807) is 13.0 Å². The first-order valence-electron chi connectivity index (χ1n) is 8.60. The second kappa shape index (κ2) is 9.06. The van der Waals surface area contributed by atoms with Gasteiger partial charge in [-0.2, -0.15) is 4.98 Å².